The second kappa shape index (κ2) is 6.40. The van der Waals surface area contributed by atoms with Crippen LogP contribution in [0.5, 0.6) is 11.5 Å². The fraction of sp³-hybridized carbons (Fsp3) is 0.294. The summed E-state index contributed by atoms with van der Waals surface area (Å²) < 4.78 is 13.1. The molecule has 1 heterocycles. The Balaban J connectivity index is 1.64. The monoisotopic (exact) mass is 361 g/mol. The molecule has 1 aliphatic heterocycles. The summed E-state index contributed by atoms with van der Waals surface area (Å²) in [6.45, 7) is 0. The molecular weight excluding hydrogens is 343 g/mol. The lowest BCUT2D eigenvalue weighted by Gasteiger charge is -2.27. The molecule has 0 saturated carbocycles. The van der Waals surface area contributed by atoms with E-state index in [2.05, 4.69) is 50.3 Å². The quantitative estimate of drug-likeness (QED) is 0.662. The van der Waals surface area contributed by atoms with Crippen molar-refractivity contribution in [2.45, 2.75) is 25.2 Å². The van der Waals surface area contributed by atoms with Crippen LogP contribution in [0.3, 0.4) is 0 Å². The molecule has 0 N–H and O–H groups in total. The van der Waals surface area contributed by atoms with Crippen molar-refractivity contribution in [2.24, 2.45) is 0 Å². The Hall–Kier alpha value is -1.13. The predicted molar refractivity (Wildman–Crippen MR) is 101 cm³/mol. The number of ether oxygens (including phenoxy) is 1. The molecule has 23 heavy (non-hydrogen) atoms. The van der Waals surface area contributed by atoms with E-state index in [1.54, 1.807) is 7.11 Å². The van der Waals surface area contributed by atoms with Crippen molar-refractivity contribution in [3.63, 3.8) is 0 Å². The maximum absolute atomic E-state index is 5.41. The zero-order valence-electron chi connectivity index (χ0n) is 12.9. The van der Waals surface area contributed by atoms with Crippen molar-refractivity contribution in [1.29, 1.82) is 0 Å². The van der Waals surface area contributed by atoms with Crippen LogP contribution < -0.4 is 13.7 Å². The van der Waals surface area contributed by atoms with Gasteiger partial charge in [0.1, 0.15) is 11.5 Å². The number of fused-ring (bicyclic) bond motifs is 1. The Kier molecular flexibility index (Phi) is 4.29. The lowest BCUT2D eigenvalue weighted by Crippen LogP contribution is -2.14. The molecule has 2 atom stereocenters. The van der Waals surface area contributed by atoms with Gasteiger partial charge in [-0.15, -0.1) is 0 Å². The molecule has 2 unspecified atom stereocenters. The Bertz CT molecular complexity index is 772. The Morgan fingerprint density at radius 3 is 2.65 bits per heavy atom. The highest BCUT2D eigenvalue weighted by molar-refractivity contribution is 8.03. The molecule has 6 heteroatoms. The van der Waals surface area contributed by atoms with Crippen LogP contribution >= 0.6 is 25.5 Å². The number of anilines is 1. The van der Waals surface area contributed by atoms with Crippen molar-refractivity contribution in [3.8, 4) is 11.5 Å². The van der Waals surface area contributed by atoms with Gasteiger partial charge in [-0.25, -0.2) is 0 Å². The summed E-state index contributed by atoms with van der Waals surface area (Å²) in [6, 6.07) is 13.0. The minimum absolute atomic E-state index is 0.581. The predicted octanol–water partition coefficient (Wildman–Crippen LogP) is 5.59. The minimum atomic E-state index is 0.581. The van der Waals surface area contributed by atoms with Crippen LogP contribution in [0.15, 0.2) is 36.4 Å². The molecule has 0 radical (unpaired) electrons. The Morgan fingerprint density at radius 2 is 1.91 bits per heavy atom. The topological polar surface area (TPSA) is 21.5 Å². The van der Waals surface area contributed by atoms with Gasteiger partial charge in [-0.05, 0) is 60.1 Å². The summed E-state index contributed by atoms with van der Waals surface area (Å²) >= 11 is 0. The zero-order chi connectivity index (χ0) is 15.8. The number of hydrogen-bond donors (Lipinski definition) is 0. The first kappa shape index (κ1) is 15.4. The molecule has 118 valence electrons. The first-order valence-electron chi connectivity index (χ1n) is 7.66. The van der Waals surface area contributed by atoms with Gasteiger partial charge in [0.15, 0.2) is 0 Å². The van der Waals surface area contributed by atoms with Gasteiger partial charge in [0.2, 0.25) is 0 Å². The molecular formula is C17H18NO2P3. The van der Waals surface area contributed by atoms with Gasteiger partial charge in [-0.2, -0.15) is 0 Å². The summed E-state index contributed by atoms with van der Waals surface area (Å²) in [5, 5.41) is 0. The first-order valence-corrected chi connectivity index (χ1v) is 10.5. The second-order valence-corrected chi connectivity index (χ2v) is 8.66. The van der Waals surface area contributed by atoms with Crippen LogP contribution in [0.1, 0.15) is 29.0 Å². The molecule has 2 aromatic carbocycles. The largest absolute Gasteiger partial charge is 0.497 e. The molecule has 0 amide bonds. The standard InChI is InChI=1S/C17H18NO2P3/c1-19-14-6-7-16(17(10-14)18-22-23-18)13-3-2-12-9-15(20-21)5-4-11(12)8-13/h4-7,9-10,13H,2-3,8,21H2,1H3. The van der Waals surface area contributed by atoms with Crippen molar-refractivity contribution < 1.29 is 9.26 Å². The third-order valence-electron chi connectivity index (χ3n) is 4.61. The van der Waals surface area contributed by atoms with Crippen LogP contribution in [0.25, 0.3) is 0 Å². The first-order chi connectivity index (χ1) is 11.3. The molecule has 2 aliphatic rings. The van der Waals surface area contributed by atoms with Gasteiger partial charge >= 0.3 is 0 Å². The number of benzene rings is 2. The second-order valence-electron chi connectivity index (χ2n) is 5.88. The van der Waals surface area contributed by atoms with Crippen molar-refractivity contribution in [3.05, 3.63) is 53.1 Å². The van der Waals surface area contributed by atoms with Gasteiger partial charge in [0, 0.05) is 6.07 Å². The van der Waals surface area contributed by atoms with Gasteiger partial charge in [-0.3, -0.25) is 4.44 Å². The molecule has 0 bridgehead atoms. The summed E-state index contributed by atoms with van der Waals surface area (Å²) in [5.41, 5.74) is 5.68. The van der Waals surface area contributed by atoms with E-state index in [-0.39, 0.29) is 0 Å². The average molecular weight is 361 g/mol. The Morgan fingerprint density at radius 1 is 1.09 bits per heavy atom. The molecule has 0 aromatic heterocycles. The van der Waals surface area contributed by atoms with Gasteiger partial charge in [0.25, 0.3) is 0 Å². The van der Waals surface area contributed by atoms with E-state index in [4.69, 9.17) is 9.26 Å². The lowest BCUT2D eigenvalue weighted by molar-refractivity contribution is 0.414. The molecule has 2 aromatic rings. The van der Waals surface area contributed by atoms with E-state index in [0.29, 0.717) is 5.92 Å². The maximum Gasteiger partial charge on any atom is 0.122 e. The zero-order valence-corrected chi connectivity index (χ0v) is 15.8. The molecule has 0 fully saturated rings. The SMILES string of the molecule is COc1ccc(C2CCc3cc(OP)ccc3C2)c(N2P=P2)c1. The average Bonchev–Trinajstić information content (AvgIpc) is 3.45. The number of rotatable bonds is 4. The molecule has 0 saturated heterocycles. The van der Waals surface area contributed by atoms with Gasteiger partial charge in [-0.1, -0.05) is 12.1 Å². The van der Waals surface area contributed by atoms with Crippen LogP contribution in [0.2, 0.25) is 0 Å². The summed E-state index contributed by atoms with van der Waals surface area (Å²) in [7, 11) is 6.80. The fourth-order valence-electron chi connectivity index (χ4n) is 3.36. The van der Waals surface area contributed by atoms with Crippen LogP contribution in [-0.4, -0.2) is 7.11 Å². The minimum Gasteiger partial charge on any atom is -0.497 e. The number of hydrogen-bond acceptors (Lipinski definition) is 3. The molecule has 0 spiro atoms. The normalized spacial score (nSPS) is 19.9. The molecule has 4 rings (SSSR count). The van der Waals surface area contributed by atoms with Gasteiger partial charge in [0.05, 0.1) is 38.3 Å². The van der Waals surface area contributed by atoms with Crippen molar-refractivity contribution in [2.75, 3.05) is 11.6 Å². The van der Waals surface area contributed by atoms with Gasteiger partial charge < -0.3 is 9.26 Å². The van der Waals surface area contributed by atoms with Crippen LogP contribution in [0, 0.1) is 0 Å². The summed E-state index contributed by atoms with van der Waals surface area (Å²) in [5.74, 6) is 2.45. The number of methoxy groups -OCH3 is 1. The van der Waals surface area contributed by atoms with E-state index >= 15 is 0 Å². The highest BCUT2D eigenvalue weighted by Crippen LogP contribution is 2.53. The Labute approximate surface area is 142 Å². The maximum atomic E-state index is 5.41. The highest BCUT2D eigenvalue weighted by atomic mass is 31.8. The van der Waals surface area contributed by atoms with E-state index in [1.807, 2.05) is 0 Å². The third-order valence-corrected chi connectivity index (χ3v) is 6.75. The summed E-state index contributed by atoms with van der Waals surface area (Å²) in [4.78, 5) is 0. The van der Waals surface area contributed by atoms with Crippen molar-refractivity contribution >= 4 is 31.2 Å². The number of aryl methyl sites for hydroxylation is 1. The van der Waals surface area contributed by atoms with E-state index < -0.39 is 0 Å². The number of nitrogens with zero attached hydrogens (tertiary/aromatic N) is 1. The summed E-state index contributed by atoms with van der Waals surface area (Å²) in [6.07, 6.45) is 3.41. The van der Waals surface area contributed by atoms with E-state index in [0.717, 1.165) is 24.3 Å². The van der Waals surface area contributed by atoms with E-state index in [9.17, 15) is 0 Å². The molecule has 3 nitrogen and oxygen atoms in total. The lowest BCUT2D eigenvalue weighted by atomic mass is 9.79. The fourth-order valence-corrected chi connectivity index (χ4v) is 4.78. The van der Waals surface area contributed by atoms with Crippen LogP contribution in [0.4, 0.5) is 5.69 Å². The third kappa shape index (κ3) is 3.11. The van der Waals surface area contributed by atoms with Crippen LogP contribution in [-0.2, 0) is 12.8 Å². The van der Waals surface area contributed by atoms with E-state index in [1.165, 1.54) is 44.8 Å². The van der Waals surface area contributed by atoms with Crippen molar-refractivity contribution in [1.82, 2.24) is 0 Å². The molecule has 1 aliphatic carbocycles. The highest BCUT2D eigenvalue weighted by Gasteiger charge is 2.26. The smallest absolute Gasteiger partial charge is 0.122 e.